The van der Waals surface area contributed by atoms with Crippen LogP contribution >= 0.6 is 0 Å². The molecule has 1 aliphatic heterocycles. The van der Waals surface area contributed by atoms with Gasteiger partial charge in [0.15, 0.2) is 0 Å². The standard InChI is InChI=1S/C18H25N5O4S/c1-13-18(14(2)22(3)21-13)20-17(24)12-19-15-5-4-6-16(11-15)28(25,26)23-7-9-27-10-8-23/h4-6,11,19H,7-10,12H2,1-3H3,(H,20,24). The molecule has 1 saturated heterocycles. The second-order valence-electron chi connectivity index (χ2n) is 6.62. The molecule has 9 nitrogen and oxygen atoms in total. The van der Waals surface area contributed by atoms with Crippen LogP contribution in [0, 0.1) is 13.8 Å². The van der Waals surface area contributed by atoms with E-state index in [-0.39, 0.29) is 17.3 Å². The van der Waals surface area contributed by atoms with Crippen molar-refractivity contribution in [3.63, 3.8) is 0 Å². The number of amides is 1. The molecule has 28 heavy (non-hydrogen) atoms. The van der Waals surface area contributed by atoms with E-state index in [1.54, 1.807) is 28.9 Å². The molecule has 0 radical (unpaired) electrons. The molecule has 152 valence electrons. The zero-order valence-electron chi connectivity index (χ0n) is 16.2. The van der Waals surface area contributed by atoms with E-state index in [1.165, 1.54) is 4.31 Å². The highest BCUT2D eigenvalue weighted by atomic mass is 32.2. The van der Waals surface area contributed by atoms with E-state index in [4.69, 9.17) is 4.74 Å². The molecule has 0 bridgehead atoms. The van der Waals surface area contributed by atoms with Crippen LogP contribution in [-0.2, 0) is 26.6 Å². The Balaban J connectivity index is 1.65. The van der Waals surface area contributed by atoms with Crippen molar-refractivity contribution in [2.75, 3.05) is 43.5 Å². The molecule has 10 heteroatoms. The van der Waals surface area contributed by atoms with Crippen LogP contribution in [0.4, 0.5) is 11.4 Å². The van der Waals surface area contributed by atoms with Gasteiger partial charge in [-0.15, -0.1) is 0 Å². The minimum Gasteiger partial charge on any atom is -0.379 e. The first-order valence-corrected chi connectivity index (χ1v) is 10.4. The number of benzene rings is 1. The summed E-state index contributed by atoms with van der Waals surface area (Å²) in [4.78, 5) is 12.5. The highest BCUT2D eigenvalue weighted by molar-refractivity contribution is 7.89. The van der Waals surface area contributed by atoms with Crippen molar-refractivity contribution in [2.45, 2.75) is 18.7 Å². The molecule has 2 aromatic rings. The number of morpholine rings is 1. The summed E-state index contributed by atoms with van der Waals surface area (Å²) in [7, 11) is -1.76. The third-order valence-corrected chi connectivity index (χ3v) is 6.56. The molecule has 2 heterocycles. The van der Waals surface area contributed by atoms with Gasteiger partial charge < -0.3 is 15.4 Å². The first-order chi connectivity index (χ1) is 13.3. The number of ether oxygens (including phenoxy) is 1. The van der Waals surface area contributed by atoms with E-state index in [1.807, 2.05) is 20.9 Å². The number of nitrogens with one attached hydrogen (secondary N) is 2. The lowest BCUT2D eigenvalue weighted by atomic mass is 10.3. The van der Waals surface area contributed by atoms with E-state index >= 15 is 0 Å². The molecule has 1 amide bonds. The van der Waals surface area contributed by atoms with Crippen molar-refractivity contribution >= 4 is 27.3 Å². The maximum Gasteiger partial charge on any atom is 0.243 e. The molecule has 2 N–H and O–H groups in total. The van der Waals surface area contributed by atoms with Crippen LogP contribution in [0.2, 0.25) is 0 Å². The summed E-state index contributed by atoms with van der Waals surface area (Å²) in [5.74, 6) is -0.236. The van der Waals surface area contributed by atoms with Gasteiger partial charge in [0, 0.05) is 25.8 Å². The largest absolute Gasteiger partial charge is 0.379 e. The Morgan fingerprint density at radius 2 is 1.96 bits per heavy atom. The third-order valence-electron chi connectivity index (χ3n) is 4.67. The van der Waals surface area contributed by atoms with Crippen molar-refractivity contribution in [1.29, 1.82) is 0 Å². The summed E-state index contributed by atoms with van der Waals surface area (Å²) in [5, 5.41) is 10.1. The number of sulfonamides is 1. The number of nitrogens with zero attached hydrogens (tertiary/aromatic N) is 3. The van der Waals surface area contributed by atoms with Crippen LogP contribution in [0.3, 0.4) is 0 Å². The van der Waals surface area contributed by atoms with Gasteiger partial charge in [0.05, 0.1) is 41.7 Å². The number of carbonyl (C=O) groups is 1. The summed E-state index contributed by atoms with van der Waals surface area (Å²) in [5.41, 5.74) is 2.86. The predicted molar refractivity (Wildman–Crippen MR) is 106 cm³/mol. The molecular weight excluding hydrogens is 382 g/mol. The van der Waals surface area contributed by atoms with Gasteiger partial charge in [-0.1, -0.05) is 6.07 Å². The average Bonchev–Trinajstić information content (AvgIpc) is 2.93. The number of anilines is 2. The quantitative estimate of drug-likeness (QED) is 0.743. The number of aromatic nitrogens is 2. The summed E-state index contributed by atoms with van der Waals surface area (Å²) in [6, 6.07) is 6.48. The Bertz CT molecular complexity index is 964. The summed E-state index contributed by atoms with van der Waals surface area (Å²) in [6.07, 6.45) is 0. The lowest BCUT2D eigenvalue weighted by Gasteiger charge is -2.26. The van der Waals surface area contributed by atoms with Gasteiger partial charge in [-0.2, -0.15) is 9.40 Å². The second kappa shape index (κ2) is 8.29. The van der Waals surface area contributed by atoms with Crippen molar-refractivity contribution in [2.24, 2.45) is 7.05 Å². The molecule has 0 aliphatic carbocycles. The summed E-state index contributed by atoms with van der Waals surface area (Å²) in [6.45, 7) is 5.18. The van der Waals surface area contributed by atoms with Crippen LogP contribution < -0.4 is 10.6 Å². The minimum absolute atomic E-state index is 0.00876. The van der Waals surface area contributed by atoms with E-state index in [0.717, 1.165) is 11.4 Å². The van der Waals surface area contributed by atoms with E-state index in [9.17, 15) is 13.2 Å². The van der Waals surface area contributed by atoms with Gasteiger partial charge in [-0.3, -0.25) is 9.48 Å². The van der Waals surface area contributed by atoms with Gasteiger partial charge in [0.25, 0.3) is 0 Å². The average molecular weight is 407 g/mol. The molecule has 0 atom stereocenters. The Morgan fingerprint density at radius 3 is 2.61 bits per heavy atom. The van der Waals surface area contributed by atoms with Crippen LogP contribution in [0.1, 0.15) is 11.4 Å². The SMILES string of the molecule is Cc1nn(C)c(C)c1NC(=O)CNc1cccc(S(=O)(=O)N2CCOCC2)c1. The smallest absolute Gasteiger partial charge is 0.243 e. The number of aryl methyl sites for hydroxylation is 2. The molecule has 1 aromatic heterocycles. The van der Waals surface area contributed by atoms with Gasteiger partial charge >= 0.3 is 0 Å². The first-order valence-electron chi connectivity index (χ1n) is 9.01. The second-order valence-corrected chi connectivity index (χ2v) is 8.55. The maximum absolute atomic E-state index is 12.8. The van der Waals surface area contributed by atoms with E-state index < -0.39 is 10.0 Å². The lowest BCUT2D eigenvalue weighted by Crippen LogP contribution is -2.40. The first kappa shape index (κ1) is 20.3. The minimum atomic E-state index is -3.58. The molecule has 0 saturated carbocycles. The van der Waals surface area contributed by atoms with E-state index in [2.05, 4.69) is 15.7 Å². The van der Waals surface area contributed by atoms with Crippen LogP contribution in [0.15, 0.2) is 29.2 Å². The van der Waals surface area contributed by atoms with Crippen LogP contribution in [-0.4, -0.2) is 61.3 Å². The number of hydrogen-bond acceptors (Lipinski definition) is 6. The molecule has 1 aromatic carbocycles. The van der Waals surface area contributed by atoms with Gasteiger partial charge in [-0.05, 0) is 32.0 Å². The third kappa shape index (κ3) is 4.34. The summed E-state index contributed by atoms with van der Waals surface area (Å²) >= 11 is 0. The predicted octanol–water partition coefficient (Wildman–Crippen LogP) is 1.11. The fourth-order valence-corrected chi connectivity index (χ4v) is 4.48. The number of carbonyl (C=O) groups excluding carboxylic acids is 1. The van der Waals surface area contributed by atoms with Crippen LogP contribution in [0.25, 0.3) is 0 Å². The molecule has 0 spiro atoms. The van der Waals surface area contributed by atoms with Gasteiger partial charge in [-0.25, -0.2) is 8.42 Å². The number of rotatable bonds is 6. The van der Waals surface area contributed by atoms with Crippen molar-refractivity contribution in [1.82, 2.24) is 14.1 Å². The normalized spacial score (nSPS) is 15.4. The van der Waals surface area contributed by atoms with Gasteiger partial charge in [0.1, 0.15) is 0 Å². The number of hydrogen-bond donors (Lipinski definition) is 2. The molecule has 1 fully saturated rings. The summed E-state index contributed by atoms with van der Waals surface area (Å²) < 4.78 is 33.8. The fourth-order valence-electron chi connectivity index (χ4n) is 3.02. The lowest BCUT2D eigenvalue weighted by molar-refractivity contribution is -0.114. The highest BCUT2D eigenvalue weighted by Crippen LogP contribution is 2.21. The Hall–Kier alpha value is -2.43. The Morgan fingerprint density at radius 1 is 1.25 bits per heavy atom. The topological polar surface area (TPSA) is 106 Å². The Kier molecular flexibility index (Phi) is 6.01. The maximum atomic E-state index is 12.8. The Labute approximate surface area is 164 Å². The fraction of sp³-hybridized carbons (Fsp3) is 0.444. The molecule has 1 aliphatic rings. The zero-order chi connectivity index (χ0) is 20.3. The highest BCUT2D eigenvalue weighted by Gasteiger charge is 2.26. The molecular formula is C18H25N5O4S. The molecule has 0 unspecified atom stereocenters. The van der Waals surface area contributed by atoms with Crippen molar-refractivity contribution in [3.05, 3.63) is 35.7 Å². The van der Waals surface area contributed by atoms with E-state index in [0.29, 0.717) is 37.7 Å². The molecule has 3 rings (SSSR count). The van der Waals surface area contributed by atoms with Crippen LogP contribution in [0.5, 0.6) is 0 Å². The van der Waals surface area contributed by atoms with Gasteiger partial charge in [0.2, 0.25) is 15.9 Å². The zero-order valence-corrected chi connectivity index (χ0v) is 17.0. The van der Waals surface area contributed by atoms with Crippen molar-refractivity contribution < 1.29 is 17.9 Å². The monoisotopic (exact) mass is 407 g/mol. The van der Waals surface area contributed by atoms with Crippen molar-refractivity contribution in [3.8, 4) is 0 Å².